The molecular formula is C13H23N3. The SMILES string of the molecule is CCNC(Cc1cnn(C)c1)C(C)C1CC1. The quantitative estimate of drug-likeness (QED) is 0.796. The smallest absolute Gasteiger partial charge is 0.0522 e. The molecule has 0 radical (unpaired) electrons. The molecule has 1 aromatic heterocycles. The lowest BCUT2D eigenvalue weighted by atomic mass is 9.92. The second-order valence-electron chi connectivity index (χ2n) is 5.09. The van der Waals surface area contributed by atoms with E-state index in [1.807, 2.05) is 17.9 Å². The lowest BCUT2D eigenvalue weighted by Crippen LogP contribution is -2.37. The summed E-state index contributed by atoms with van der Waals surface area (Å²) in [7, 11) is 1.98. The van der Waals surface area contributed by atoms with Gasteiger partial charge in [0.15, 0.2) is 0 Å². The van der Waals surface area contributed by atoms with Crippen molar-refractivity contribution < 1.29 is 0 Å². The molecule has 0 bridgehead atoms. The summed E-state index contributed by atoms with van der Waals surface area (Å²) < 4.78 is 1.89. The van der Waals surface area contributed by atoms with Gasteiger partial charge in [-0.3, -0.25) is 4.68 Å². The molecule has 0 aromatic carbocycles. The second kappa shape index (κ2) is 5.00. The fraction of sp³-hybridized carbons (Fsp3) is 0.769. The average Bonchev–Trinajstić information content (AvgIpc) is 3.02. The van der Waals surface area contributed by atoms with Crippen LogP contribution in [-0.4, -0.2) is 22.4 Å². The van der Waals surface area contributed by atoms with Gasteiger partial charge in [0.1, 0.15) is 0 Å². The van der Waals surface area contributed by atoms with E-state index in [1.54, 1.807) is 0 Å². The molecule has 1 aliphatic carbocycles. The molecule has 90 valence electrons. The molecule has 3 heteroatoms. The summed E-state index contributed by atoms with van der Waals surface area (Å²) in [5, 5.41) is 7.86. The lowest BCUT2D eigenvalue weighted by Gasteiger charge is -2.24. The van der Waals surface area contributed by atoms with E-state index >= 15 is 0 Å². The fourth-order valence-corrected chi connectivity index (χ4v) is 2.49. The number of nitrogens with zero attached hydrogens (tertiary/aromatic N) is 2. The Balaban J connectivity index is 1.95. The normalized spacial score (nSPS) is 19.7. The highest BCUT2D eigenvalue weighted by Crippen LogP contribution is 2.38. The highest BCUT2D eigenvalue weighted by atomic mass is 15.2. The van der Waals surface area contributed by atoms with E-state index in [4.69, 9.17) is 0 Å². The average molecular weight is 221 g/mol. The van der Waals surface area contributed by atoms with Crippen molar-refractivity contribution in [2.45, 2.75) is 39.2 Å². The van der Waals surface area contributed by atoms with Crippen LogP contribution in [-0.2, 0) is 13.5 Å². The molecule has 0 amide bonds. The van der Waals surface area contributed by atoms with E-state index < -0.39 is 0 Å². The van der Waals surface area contributed by atoms with Gasteiger partial charge in [0.2, 0.25) is 0 Å². The van der Waals surface area contributed by atoms with Crippen LogP contribution in [0.4, 0.5) is 0 Å². The summed E-state index contributed by atoms with van der Waals surface area (Å²) >= 11 is 0. The largest absolute Gasteiger partial charge is 0.314 e. The zero-order valence-electron chi connectivity index (χ0n) is 10.6. The number of aryl methyl sites for hydroxylation is 1. The van der Waals surface area contributed by atoms with E-state index in [2.05, 4.69) is 30.5 Å². The topological polar surface area (TPSA) is 29.9 Å². The highest BCUT2D eigenvalue weighted by Gasteiger charge is 2.32. The Morgan fingerprint density at radius 2 is 2.31 bits per heavy atom. The van der Waals surface area contributed by atoms with E-state index in [9.17, 15) is 0 Å². The van der Waals surface area contributed by atoms with E-state index in [0.29, 0.717) is 6.04 Å². The first-order valence-electron chi connectivity index (χ1n) is 6.41. The summed E-state index contributed by atoms with van der Waals surface area (Å²) in [4.78, 5) is 0. The van der Waals surface area contributed by atoms with Crippen molar-refractivity contribution >= 4 is 0 Å². The molecule has 2 unspecified atom stereocenters. The first kappa shape index (κ1) is 11.6. The maximum atomic E-state index is 4.24. The standard InChI is InChI=1S/C13H23N3/c1-4-14-13(10(2)12-5-6-12)7-11-8-15-16(3)9-11/h8-10,12-14H,4-7H2,1-3H3. The van der Waals surface area contributed by atoms with Gasteiger partial charge in [-0.1, -0.05) is 13.8 Å². The van der Waals surface area contributed by atoms with Crippen LogP contribution in [0.15, 0.2) is 12.4 Å². The molecule has 1 heterocycles. The third-order valence-corrected chi connectivity index (χ3v) is 3.68. The van der Waals surface area contributed by atoms with Gasteiger partial charge in [0, 0.05) is 19.3 Å². The predicted molar refractivity (Wildman–Crippen MR) is 66.3 cm³/mol. The molecule has 0 saturated heterocycles. The number of nitrogens with one attached hydrogen (secondary N) is 1. The van der Waals surface area contributed by atoms with Gasteiger partial charge < -0.3 is 5.32 Å². The third-order valence-electron chi connectivity index (χ3n) is 3.68. The number of hydrogen-bond donors (Lipinski definition) is 1. The van der Waals surface area contributed by atoms with Crippen LogP contribution >= 0.6 is 0 Å². The molecule has 0 aliphatic heterocycles. The molecule has 1 fully saturated rings. The molecule has 1 saturated carbocycles. The number of hydrogen-bond acceptors (Lipinski definition) is 2. The van der Waals surface area contributed by atoms with Crippen LogP contribution in [0.1, 0.15) is 32.3 Å². The third kappa shape index (κ3) is 2.85. The minimum Gasteiger partial charge on any atom is -0.314 e. The van der Waals surface area contributed by atoms with Crippen LogP contribution in [0.25, 0.3) is 0 Å². The molecular weight excluding hydrogens is 198 g/mol. The molecule has 3 nitrogen and oxygen atoms in total. The Morgan fingerprint density at radius 1 is 1.56 bits per heavy atom. The van der Waals surface area contributed by atoms with Crippen molar-refractivity contribution in [3.05, 3.63) is 18.0 Å². The number of aromatic nitrogens is 2. The lowest BCUT2D eigenvalue weighted by molar-refractivity contribution is 0.344. The van der Waals surface area contributed by atoms with Crippen LogP contribution < -0.4 is 5.32 Å². The van der Waals surface area contributed by atoms with Gasteiger partial charge in [0.05, 0.1) is 6.20 Å². The molecule has 1 aliphatic rings. The summed E-state index contributed by atoms with van der Waals surface area (Å²) in [6.07, 6.45) is 8.08. The molecule has 1 aromatic rings. The maximum absolute atomic E-state index is 4.24. The highest BCUT2D eigenvalue weighted by molar-refractivity contribution is 5.07. The van der Waals surface area contributed by atoms with E-state index in [0.717, 1.165) is 24.8 Å². The fourth-order valence-electron chi connectivity index (χ4n) is 2.49. The van der Waals surface area contributed by atoms with Crippen LogP contribution in [0.2, 0.25) is 0 Å². The monoisotopic (exact) mass is 221 g/mol. The van der Waals surface area contributed by atoms with E-state index in [1.165, 1.54) is 18.4 Å². The number of likely N-dealkylation sites (N-methyl/N-ethyl adjacent to an activating group) is 1. The Kier molecular flexibility index (Phi) is 3.64. The maximum Gasteiger partial charge on any atom is 0.0522 e. The van der Waals surface area contributed by atoms with Crippen molar-refractivity contribution in [1.82, 2.24) is 15.1 Å². The van der Waals surface area contributed by atoms with Gasteiger partial charge in [0.25, 0.3) is 0 Å². The Hall–Kier alpha value is -0.830. The Morgan fingerprint density at radius 3 is 2.81 bits per heavy atom. The minimum atomic E-state index is 0.613. The van der Waals surface area contributed by atoms with Crippen molar-refractivity contribution in [1.29, 1.82) is 0 Å². The Bertz CT molecular complexity index is 328. The van der Waals surface area contributed by atoms with Crippen molar-refractivity contribution in [2.24, 2.45) is 18.9 Å². The van der Waals surface area contributed by atoms with Crippen LogP contribution in [0, 0.1) is 11.8 Å². The molecule has 2 rings (SSSR count). The van der Waals surface area contributed by atoms with Crippen molar-refractivity contribution in [3.8, 4) is 0 Å². The molecule has 16 heavy (non-hydrogen) atoms. The van der Waals surface area contributed by atoms with Gasteiger partial charge in [-0.2, -0.15) is 5.10 Å². The van der Waals surface area contributed by atoms with E-state index in [-0.39, 0.29) is 0 Å². The summed E-state index contributed by atoms with van der Waals surface area (Å²) in [6.45, 7) is 5.64. The summed E-state index contributed by atoms with van der Waals surface area (Å²) in [5.41, 5.74) is 1.35. The molecule has 0 spiro atoms. The van der Waals surface area contributed by atoms with Crippen LogP contribution in [0.3, 0.4) is 0 Å². The zero-order valence-corrected chi connectivity index (χ0v) is 10.6. The predicted octanol–water partition coefficient (Wildman–Crippen LogP) is 1.99. The summed E-state index contributed by atoms with van der Waals surface area (Å²) in [6, 6.07) is 0.613. The zero-order chi connectivity index (χ0) is 11.5. The minimum absolute atomic E-state index is 0.613. The molecule has 1 N–H and O–H groups in total. The van der Waals surface area contributed by atoms with Gasteiger partial charge in [-0.25, -0.2) is 0 Å². The first-order valence-corrected chi connectivity index (χ1v) is 6.41. The van der Waals surface area contributed by atoms with Crippen molar-refractivity contribution in [3.63, 3.8) is 0 Å². The van der Waals surface area contributed by atoms with Crippen LogP contribution in [0.5, 0.6) is 0 Å². The van der Waals surface area contributed by atoms with Crippen molar-refractivity contribution in [2.75, 3.05) is 6.54 Å². The first-order chi connectivity index (χ1) is 7.70. The summed E-state index contributed by atoms with van der Waals surface area (Å²) in [5.74, 6) is 1.75. The molecule has 2 atom stereocenters. The Labute approximate surface area is 98.2 Å². The second-order valence-corrected chi connectivity index (χ2v) is 5.09. The van der Waals surface area contributed by atoms with Gasteiger partial charge >= 0.3 is 0 Å². The van der Waals surface area contributed by atoms with Gasteiger partial charge in [-0.05, 0) is 43.2 Å². The number of rotatable bonds is 6. The van der Waals surface area contributed by atoms with Gasteiger partial charge in [-0.15, -0.1) is 0 Å².